The smallest absolute Gasteiger partial charge is 0.322 e. The SMILES string of the molecule is COC1CC(C(=O)O)N(S(=O)(=O)c2c(C)noc2C)C1. The summed E-state index contributed by atoms with van der Waals surface area (Å²) in [6.45, 7) is 2.98. The molecule has 0 radical (unpaired) electrons. The largest absolute Gasteiger partial charge is 0.480 e. The summed E-state index contributed by atoms with van der Waals surface area (Å²) in [7, 11) is -2.55. The molecule has 0 aliphatic carbocycles. The first-order chi connectivity index (χ1) is 9.28. The molecule has 20 heavy (non-hydrogen) atoms. The maximum atomic E-state index is 12.6. The van der Waals surface area contributed by atoms with Crippen molar-refractivity contribution in [3.8, 4) is 0 Å². The highest BCUT2D eigenvalue weighted by Gasteiger charge is 2.45. The number of aryl methyl sites for hydroxylation is 2. The second-order valence-electron chi connectivity index (χ2n) is 4.68. The molecular weight excluding hydrogens is 288 g/mol. The second-order valence-corrected chi connectivity index (χ2v) is 6.50. The van der Waals surface area contributed by atoms with E-state index in [9.17, 15) is 18.3 Å². The number of methoxy groups -OCH3 is 1. The topological polar surface area (TPSA) is 110 Å². The fourth-order valence-electron chi connectivity index (χ4n) is 2.39. The van der Waals surface area contributed by atoms with Crippen LogP contribution in [0, 0.1) is 13.8 Å². The van der Waals surface area contributed by atoms with Crippen LogP contribution in [0.3, 0.4) is 0 Å². The predicted octanol–water partition coefficient (Wildman–Crippen LogP) is 0.154. The van der Waals surface area contributed by atoms with Gasteiger partial charge in [-0.25, -0.2) is 8.42 Å². The molecule has 1 aromatic rings. The van der Waals surface area contributed by atoms with Crippen LogP contribution in [-0.2, 0) is 19.6 Å². The number of nitrogens with zero attached hydrogens (tertiary/aromatic N) is 2. The van der Waals surface area contributed by atoms with Crippen LogP contribution in [0.5, 0.6) is 0 Å². The lowest BCUT2D eigenvalue weighted by Crippen LogP contribution is -2.40. The van der Waals surface area contributed by atoms with E-state index in [0.29, 0.717) is 0 Å². The average Bonchev–Trinajstić information content (AvgIpc) is 2.93. The molecule has 0 saturated carbocycles. The predicted molar refractivity (Wildman–Crippen MR) is 66.7 cm³/mol. The van der Waals surface area contributed by atoms with E-state index >= 15 is 0 Å². The van der Waals surface area contributed by atoms with Gasteiger partial charge in [-0.2, -0.15) is 4.31 Å². The highest BCUT2D eigenvalue weighted by molar-refractivity contribution is 7.89. The highest BCUT2D eigenvalue weighted by Crippen LogP contribution is 2.30. The van der Waals surface area contributed by atoms with Crippen LogP contribution >= 0.6 is 0 Å². The van der Waals surface area contributed by atoms with Crippen molar-refractivity contribution in [2.24, 2.45) is 0 Å². The Bertz CT molecular complexity index is 603. The number of ether oxygens (including phenoxy) is 1. The maximum absolute atomic E-state index is 12.6. The van der Waals surface area contributed by atoms with Crippen molar-refractivity contribution < 1.29 is 27.6 Å². The van der Waals surface area contributed by atoms with E-state index in [0.717, 1.165) is 4.31 Å². The van der Waals surface area contributed by atoms with Gasteiger partial charge in [-0.15, -0.1) is 0 Å². The Kier molecular flexibility index (Phi) is 3.85. The molecule has 1 aliphatic heterocycles. The van der Waals surface area contributed by atoms with Crippen molar-refractivity contribution in [3.05, 3.63) is 11.5 Å². The molecule has 0 bridgehead atoms. The fraction of sp³-hybridized carbons (Fsp3) is 0.636. The lowest BCUT2D eigenvalue weighted by atomic mass is 10.2. The third-order valence-corrected chi connectivity index (χ3v) is 5.49. The van der Waals surface area contributed by atoms with Gasteiger partial charge in [-0.05, 0) is 13.8 Å². The van der Waals surface area contributed by atoms with Gasteiger partial charge < -0.3 is 14.4 Å². The summed E-state index contributed by atoms with van der Waals surface area (Å²) in [5, 5.41) is 12.8. The van der Waals surface area contributed by atoms with Gasteiger partial charge in [0.05, 0.1) is 6.10 Å². The van der Waals surface area contributed by atoms with E-state index in [-0.39, 0.29) is 29.3 Å². The van der Waals surface area contributed by atoms with Crippen LogP contribution < -0.4 is 0 Å². The molecule has 1 aromatic heterocycles. The lowest BCUT2D eigenvalue weighted by Gasteiger charge is -2.20. The standard InChI is InChI=1S/C11H16N2O6S/c1-6-10(7(2)19-12-6)20(16,17)13-5-8(18-3)4-9(13)11(14)15/h8-9H,4-5H2,1-3H3,(H,14,15). The number of sulfonamides is 1. The number of carbonyl (C=O) groups is 1. The summed E-state index contributed by atoms with van der Waals surface area (Å²) >= 11 is 0. The Morgan fingerprint density at radius 1 is 1.50 bits per heavy atom. The van der Waals surface area contributed by atoms with Crippen LogP contribution in [0.25, 0.3) is 0 Å². The molecule has 112 valence electrons. The van der Waals surface area contributed by atoms with E-state index < -0.39 is 28.1 Å². The normalized spacial score (nSPS) is 24.1. The number of aliphatic carboxylic acids is 1. The van der Waals surface area contributed by atoms with Crippen molar-refractivity contribution >= 4 is 16.0 Å². The number of aromatic nitrogens is 1. The van der Waals surface area contributed by atoms with E-state index in [1.807, 2.05) is 0 Å². The van der Waals surface area contributed by atoms with Crippen LogP contribution in [0.2, 0.25) is 0 Å². The molecule has 1 aliphatic rings. The summed E-state index contributed by atoms with van der Waals surface area (Å²) in [4.78, 5) is 11.2. The number of hydrogen-bond donors (Lipinski definition) is 1. The van der Waals surface area contributed by atoms with Gasteiger partial charge in [0.15, 0.2) is 5.76 Å². The van der Waals surface area contributed by atoms with E-state index in [1.165, 1.54) is 21.0 Å². The number of hydrogen-bond acceptors (Lipinski definition) is 6. The van der Waals surface area contributed by atoms with Crippen molar-refractivity contribution in [1.82, 2.24) is 9.46 Å². The van der Waals surface area contributed by atoms with Gasteiger partial charge in [-0.1, -0.05) is 5.16 Å². The summed E-state index contributed by atoms with van der Waals surface area (Å²) in [6, 6.07) is -1.14. The third kappa shape index (κ3) is 2.32. The van der Waals surface area contributed by atoms with Gasteiger partial charge in [0.25, 0.3) is 0 Å². The molecule has 1 saturated heterocycles. The number of rotatable bonds is 4. The van der Waals surface area contributed by atoms with Crippen LogP contribution in [0.15, 0.2) is 9.42 Å². The van der Waals surface area contributed by atoms with Crippen molar-refractivity contribution in [3.63, 3.8) is 0 Å². The maximum Gasteiger partial charge on any atom is 0.322 e. The monoisotopic (exact) mass is 304 g/mol. The van der Waals surface area contributed by atoms with E-state index in [2.05, 4.69) is 5.16 Å². The summed E-state index contributed by atoms with van der Waals surface area (Å²) in [5.74, 6) is -1.05. The molecule has 1 N–H and O–H groups in total. The minimum absolute atomic E-state index is 0.000139. The minimum atomic E-state index is -3.98. The molecule has 0 amide bonds. The lowest BCUT2D eigenvalue weighted by molar-refractivity contribution is -0.140. The van der Waals surface area contributed by atoms with Gasteiger partial charge in [0.2, 0.25) is 10.0 Å². The van der Waals surface area contributed by atoms with Gasteiger partial charge in [0, 0.05) is 20.1 Å². The Morgan fingerprint density at radius 2 is 2.15 bits per heavy atom. The Hall–Kier alpha value is -1.45. The summed E-state index contributed by atoms with van der Waals surface area (Å²) in [6.07, 6.45) is -0.319. The van der Waals surface area contributed by atoms with Gasteiger partial charge >= 0.3 is 5.97 Å². The highest BCUT2D eigenvalue weighted by atomic mass is 32.2. The fourth-order valence-corrected chi connectivity index (χ4v) is 4.31. The van der Waals surface area contributed by atoms with Crippen molar-refractivity contribution in [2.75, 3.05) is 13.7 Å². The zero-order chi connectivity index (χ0) is 15.1. The third-order valence-electron chi connectivity index (χ3n) is 3.37. The van der Waals surface area contributed by atoms with Crippen LogP contribution in [0.4, 0.5) is 0 Å². The first kappa shape index (κ1) is 14.9. The van der Waals surface area contributed by atoms with Crippen LogP contribution in [0.1, 0.15) is 17.9 Å². The quantitative estimate of drug-likeness (QED) is 0.843. The first-order valence-electron chi connectivity index (χ1n) is 5.99. The molecule has 1 fully saturated rings. The molecule has 9 heteroatoms. The minimum Gasteiger partial charge on any atom is -0.480 e. The summed E-state index contributed by atoms with van der Waals surface area (Å²) < 4.78 is 36.1. The second kappa shape index (κ2) is 5.15. The average molecular weight is 304 g/mol. The van der Waals surface area contributed by atoms with Gasteiger partial charge in [0.1, 0.15) is 16.6 Å². The summed E-state index contributed by atoms with van der Waals surface area (Å²) in [5.41, 5.74) is 0.215. The Morgan fingerprint density at radius 3 is 2.60 bits per heavy atom. The molecule has 2 heterocycles. The zero-order valence-electron chi connectivity index (χ0n) is 11.4. The number of carboxylic acid groups (broad SMARTS) is 1. The van der Waals surface area contributed by atoms with E-state index in [4.69, 9.17) is 9.26 Å². The van der Waals surface area contributed by atoms with Crippen molar-refractivity contribution in [2.45, 2.75) is 37.3 Å². The molecule has 2 unspecified atom stereocenters. The molecule has 2 atom stereocenters. The molecule has 8 nitrogen and oxygen atoms in total. The first-order valence-corrected chi connectivity index (χ1v) is 7.43. The molecule has 0 spiro atoms. The van der Waals surface area contributed by atoms with Gasteiger partial charge in [-0.3, -0.25) is 4.79 Å². The van der Waals surface area contributed by atoms with Crippen LogP contribution in [-0.4, -0.2) is 54.8 Å². The Labute approximate surface area is 116 Å². The molecule has 2 rings (SSSR count). The van der Waals surface area contributed by atoms with E-state index in [1.54, 1.807) is 0 Å². The Balaban J connectivity index is 2.45. The number of carboxylic acids is 1. The van der Waals surface area contributed by atoms with Crippen molar-refractivity contribution in [1.29, 1.82) is 0 Å². The zero-order valence-corrected chi connectivity index (χ0v) is 12.2. The molecular formula is C11H16N2O6S. The molecule has 0 aromatic carbocycles.